The van der Waals surface area contributed by atoms with Crippen molar-refractivity contribution in [2.24, 2.45) is 0 Å². The van der Waals surface area contributed by atoms with E-state index >= 15 is 0 Å². The Kier molecular flexibility index (Phi) is 4.76. The standard InChI is InChI=1S/C9H11NO/c1-3-9(7-11)5-4-8(2)6-10/h4-5,7H,3H2,1-2H3/b8-4+,9-5+. The van der Waals surface area contributed by atoms with Gasteiger partial charge in [-0.25, -0.2) is 0 Å². The van der Waals surface area contributed by atoms with Gasteiger partial charge in [0.15, 0.2) is 0 Å². The fourth-order valence-corrected chi connectivity index (χ4v) is 0.510. The van der Waals surface area contributed by atoms with E-state index in [2.05, 4.69) is 0 Å². The zero-order chi connectivity index (χ0) is 8.69. The van der Waals surface area contributed by atoms with Gasteiger partial charge in [-0.15, -0.1) is 0 Å². The normalized spacial score (nSPS) is 12.5. The van der Waals surface area contributed by atoms with E-state index in [1.54, 1.807) is 19.1 Å². The van der Waals surface area contributed by atoms with Crippen LogP contribution >= 0.6 is 0 Å². The minimum absolute atomic E-state index is 0.609. The van der Waals surface area contributed by atoms with Gasteiger partial charge in [-0.3, -0.25) is 4.79 Å². The predicted molar refractivity (Wildman–Crippen MR) is 43.8 cm³/mol. The van der Waals surface area contributed by atoms with E-state index in [0.717, 1.165) is 6.29 Å². The molecule has 0 atom stereocenters. The number of nitrogens with zero attached hydrogens (tertiary/aromatic N) is 1. The minimum atomic E-state index is 0.609. The van der Waals surface area contributed by atoms with Crippen molar-refractivity contribution in [1.29, 1.82) is 5.26 Å². The molecule has 0 radical (unpaired) electrons. The summed E-state index contributed by atoms with van der Waals surface area (Å²) in [5, 5.41) is 8.36. The molecule has 0 aromatic carbocycles. The second kappa shape index (κ2) is 5.43. The molecule has 11 heavy (non-hydrogen) atoms. The molecule has 0 saturated carbocycles. The van der Waals surface area contributed by atoms with Crippen LogP contribution in [0.2, 0.25) is 0 Å². The van der Waals surface area contributed by atoms with Gasteiger partial charge in [0, 0.05) is 5.57 Å². The van der Waals surface area contributed by atoms with Gasteiger partial charge in [-0.05, 0) is 25.0 Å². The molecule has 0 aliphatic carbocycles. The Morgan fingerprint density at radius 1 is 1.55 bits per heavy atom. The van der Waals surface area contributed by atoms with Crippen LogP contribution in [0, 0.1) is 11.3 Å². The van der Waals surface area contributed by atoms with Gasteiger partial charge in [0.05, 0.1) is 6.07 Å². The molecule has 0 aliphatic rings. The van der Waals surface area contributed by atoms with E-state index in [1.165, 1.54) is 0 Å². The highest BCUT2D eigenvalue weighted by Gasteiger charge is 1.87. The Hall–Kier alpha value is -1.36. The molecule has 0 N–H and O–H groups in total. The van der Waals surface area contributed by atoms with Crippen molar-refractivity contribution in [2.75, 3.05) is 0 Å². The SMILES string of the molecule is CC/C(C=O)=C\C=C(/C)C#N. The van der Waals surface area contributed by atoms with Crippen LogP contribution in [0.1, 0.15) is 20.3 Å². The number of hydrogen-bond acceptors (Lipinski definition) is 2. The van der Waals surface area contributed by atoms with Crippen LogP contribution in [-0.4, -0.2) is 6.29 Å². The monoisotopic (exact) mass is 149 g/mol. The average Bonchev–Trinajstić information content (AvgIpc) is 2.06. The second-order valence-corrected chi connectivity index (χ2v) is 2.17. The van der Waals surface area contributed by atoms with E-state index in [-0.39, 0.29) is 0 Å². The summed E-state index contributed by atoms with van der Waals surface area (Å²) in [4.78, 5) is 10.3. The minimum Gasteiger partial charge on any atom is -0.298 e. The molecule has 0 aliphatic heterocycles. The van der Waals surface area contributed by atoms with Crippen molar-refractivity contribution in [3.8, 4) is 6.07 Å². The molecule has 0 unspecified atom stereocenters. The van der Waals surface area contributed by atoms with Gasteiger partial charge < -0.3 is 0 Å². The van der Waals surface area contributed by atoms with Crippen LogP contribution in [-0.2, 0) is 4.79 Å². The molecule has 0 amide bonds. The van der Waals surface area contributed by atoms with Crippen molar-refractivity contribution in [1.82, 2.24) is 0 Å². The van der Waals surface area contributed by atoms with Crippen LogP contribution in [0.4, 0.5) is 0 Å². The van der Waals surface area contributed by atoms with E-state index < -0.39 is 0 Å². The summed E-state index contributed by atoms with van der Waals surface area (Å²) in [5.41, 5.74) is 1.32. The topological polar surface area (TPSA) is 40.9 Å². The van der Waals surface area contributed by atoms with E-state index in [4.69, 9.17) is 5.26 Å². The lowest BCUT2D eigenvalue weighted by atomic mass is 10.2. The van der Waals surface area contributed by atoms with Crippen molar-refractivity contribution in [3.05, 3.63) is 23.3 Å². The van der Waals surface area contributed by atoms with E-state index in [0.29, 0.717) is 17.6 Å². The number of carbonyl (C=O) groups is 1. The average molecular weight is 149 g/mol. The van der Waals surface area contributed by atoms with Gasteiger partial charge in [0.25, 0.3) is 0 Å². The lowest BCUT2D eigenvalue weighted by molar-refractivity contribution is -0.105. The number of allylic oxidation sites excluding steroid dienone is 4. The third-order valence-electron chi connectivity index (χ3n) is 1.28. The molecule has 2 nitrogen and oxygen atoms in total. The summed E-state index contributed by atoms with van der Waals surface area (Å²) in [5.74, 6) is 0. The number of rotatable bonds is 3. The smallest absolute Gasteiger partial charge is 0.146 e. The molecular weight excluding hydrogens is 138 g/mol. The maximum absolute atomic E-state index is 10.3. The van der Waals surface area contributed by atoms with E-state index in [9.17, 15) is 4.79 Å². The predicted octanol–water partition coefficient (Wildman–Crippen LogP) is 1.99. The largest absolute Gasteiger partial charge is 0.298 e. The highest BCUT2D eigenvalue weighted by molar-refractivity contribution is 5.73. The molecular formula is C9H11NO. The molecule has 2 heteroatoms. The number of aldehydes is 1. The molecule has 0 saturated heterocycles. The first kappa shape index (κ1) is 9.64. The molecule has 0 rings (SSSR count). The highest BCUT2D eigenvalue weighted by atomic mass is 16.1. The van der Waals surface area contributed by atoms with Crippen molar-refractivity contribution in [3.63, 3.8) is 0 Å². The summed E-state index contributed by atoms with van der Waals surface area (Å²) >= 11 is 0. The Bertz CT molecular complexity index is 230. The van der Waals surface area contributed by atoms with Gasteiger partial charge in [0.2, 0.25) is 0 Å². The second-order valence-electron chi connectivity index (χ2n) is 2.17. The number of hydrogen-bond donors (Lipinski definition) is 0. The first-order chi connectivity index (χ1) is 5.24. The lowest BCUT2D eigenvalue weighted by Gasteiger charge is -1.87. The van der Waals surface area contributed by atoms with Crippen LogP contribution < -0.4 is 0 Å². The highest BCUT2D eigenvalue weighted by Crippen LogP contribution is 1.98. The summed E-state index contributed by atoms with van der Waals surface area (Å²) in [6.07, 6.45) is 4.83. The zero-order valence-electron chi connectivity index (χ0n) is 6.79. The lowest BCUT2D eigenvalue weighted by Crippen LogP contribution is -1.79. The molecule has 0 heterocycles. The fourth-order valence-electron chi connectivity index (χ4n) is 0.510. The molecule has 0 bridgehead atoms. The molecule has 0 aromatic rings. The van der Waals surface area contributed by atoms with Crippen molar-refractivity contribution in [2.45, 2.75) is 20.3 Å². The molecule has 0 aromatic heterocycles. The van der Waals surface area contributed by atoms with Crippen LogP contribution in [0.15, 0.2) is 23.3 Å². The third-order valence-corrected chi connectivity index (χ3v) is 1.28. The number of nitriles is 1. The fraction of sp³-hybridized carbons (Fsp3) is 0.333. The van der Waals surface area contributed by atoms with Crippen molar-refractivity contribution < 1.29 is 4.79 Å². The van der Waals surface area contributed by atoms with Crippen LogP contribution in [0.25, 0.3) is 0 Å². The van der Waals surface area contributed by atoms with Gasteiger partial charge in [0.1, 0.15) is 6.29 Å². The third kappa shape index (κ3) is 4.10. The Morgan fingerprint density at radius 3 is 2.55 bits per heavy atom. The molecule has 58 valence electrons. The molecule has 0 spiro atoms. The van der Waals surface area contributed by atoms with Crippen molar-refractivity contribution >= 4 is 6.29 Å². The van der Waals surface area contributed by atoms with Gasteiger partial charge in [-0.1, -0.05) is 13.0 Å². The maximum Gasteiger partial charge on any atom is 0.146 e. The van der Waals surface area contributed by atoms with Gasteiger partial charge in [-0.2, -0.15) is 5.26 Å². The van der Waals surface area contributed by atoms with E-state index in [1.807, 2.05) is 13.0 Å². The Balaban J connectivity index is 4.32. The summed E-state index contributed by atoms with van der Waals surface area (Å²) < 4.78 is 0. The summed E-state index contributed by atoms with van der Waals surface area (Å²) in [6, 6.07) is 1.97. The van der Waals surface area contributed by atoms with Crippen LogP contribution in [0.3, 0.4) is 0 Å². The Labute approximate surface area is 66.8 Å². The van der Waals surface area contributed by atoms with Gasteiger partial charge >= 0.3 is 0 Å². The van der Waals surface area contributed by atoms with Crippen LogP contribution in [0.5, 0.6) is 0 Å². The summed E-state index contributed by atoms with van der Waals surface area (Å²) in [7, 11) is 0. The Morgan fingerprint density at radius 2 is 2.18 bits per heavy atom. The summed E-state index contributed by atoms with van der Waals surface area (Å²) in [6.45, 7) is 3.60. The molecule has 0 fully saturated rings. The number of carbonyl (C=O) groups excluding carboxylic acids is 1. The quantitative estimate of drug-likeness (QED) is 0.266. The maximum atomic E-state index is 10.3. The first-order valence-electron chi connectivity index (χ1n) is 3.47. The first-order valence-corrected chi connectivity index (χ1v) is 3.47. The zero-order valence-corrected chi connectivity index (χ0v) is 6.79.